The van der Waals surface area contributed by atoms with Gasteiger partial charge >= 0.3 is 0 Å². The van der Waals surface area contributed by atoms with Crippen molar-refractivity contribution in [3.8, 4) is 11.1 Å². The Hall–Kier alpha value is -5.42. The van der Waals surface area contributed by atoms with Gasteiger partial charge in [-0.05, 0) is 86.0 Å². The zero-order valence-electron chi connectivity index (χ0n) is 27.6. The lowest BCUT2D eigenvalue weighted by molar-refractivity contribution is -0.133. The van der Waals surface area contributed by atoms with Crippen molar-refractivity contribution in [2.24, 2.45) is 0 Å². The van der Waals surface area contributed by atoms with E-state index < -0.39 is 6.04 Å². The van der Waals surface area contributed by atoms with E-state index >= 15 is 4.39 Å². The van der Waals surface area contributed by atoms with Crippen molar-refractivity contribution in [2.45, 2.75) is 38.8 Å². The number of nitrogens with one attached hydrogen (secondary N) is 2. The van der Waals surface area contributed by atoms with Crippen molar-refractivity contribution in [1.82, 2.24) is 19.3 Å². The minimum absolute atomic E-state index is 0.0586. The van der Waals surface area contributed by atoms with Gasteiger partial charge in [-0.2, -0.15) is 4.98 Å². The predicted molar refractivity (Wildman–Crippen MR) is 196 cm³/mol. The molecule has 0 bridgehead atoms. The summed E-state index contributed by atoms with van der Waals surface area (Å²) >= 11 is 6.44. The highest BCUT2D eigenvalue weighted by Crippen LogP contribution is 2.33. The lowest BCUT2D eigenvalue weighted by Gasteiger charge is -2.37. The summed E-state index contributed by atoms with van der Waals surface area (Å²) in [5.41, 5.74) is 6.57. The van der Waals surface area contributed by atoms with Crippen LogP contribution in [0.5, 0.6) is 0 Å². The number of fused-ring (bicyclic) bond motifs is 5. The SMILES string of the molecule is CC(C)n1c2cc(-c3ccc(N4CCN(c5ccc(NC6CCC(=O)NC6=O)cc5F)CC4)cc3)ccc2n2c3cccc(Cl)c3c(=O)nc12. The van der Waals surface area contributed by atoms with Gasteiger partial charge in [0.1, 0.15) is 11.9 Å². The topological polar surface area (TPSA) is 104 Å². The lowest BCUT2D eigenvalue weighted by atomic mass is 10.0. The minimum Gasteiger partial charge on any atom is -0.374 e. The van der Waals surface area contributed by atoms with Crippen LogP contribution in [0.4, 0.5) is 21.5 Å². The van der Waals surface area contributed by atoms with Crippen molar-refractivity contribution in [1.29, 1.82) is 0 Å². The Labute approximate surface area is 292 Å². The van der Waals surface area contributed by atoms with Crippen molar-refractivity contribution >= 4 is 68.2 Å². The van der Waals surface area contributed by atoms with Gasteiger partial charge in [-0.15, -0.1) is 0 Å². The highest BCUT2D eigenvalue weighted by Gasteiger charge is 2.27. The fourth-order valence-corrected chi connectivity index (χ4v) is 7.52. The molecule has 2 aliphatic rings. The number of halogens is 2. The molecule has 2 aromatic heterocycles. The molecule has 254 valence electrons. The molecular formula is C38H35ClFN7O3. The molecule has 1 atom stereocenters. The first-order valence-electron chi connectivity index (χ1n) is 16.8. The smallest absolute Gasteiger partial charge is 0.283 e. The molecule has 12 heteroatoms. The number of anilines is 3. The van der Waals surface area contributed by atoms with E-state index in [1.165, 1.54) is 6.07 Å². The molecule has 0 aliphatic carbocycles. The maximum Gasteiger partial charge on any atom is 0.283 e. The Morgan fingerprint density at radius 1 is 0.860 bits per heavy atom. The quantitative estimate of drug-likeness (QED) is 0.195. The van der Waals surface area contributed by atoms with Gasteiger partial charge in [0.2, 0.25) is 17.6 Å². The van der Waals surface area contributed by atoms with E-state index in [2.05, 4.69) is 81.4 Å². The van der Waals surface area contributed by atoms with Crippen LogP contribution in [0.25, 0.3) is 38.8 Å². The highest BCUT2D eigenvalue weighted by atomic mass is 35.5. The Morgan fingerprint density at radius 2 is 1.60 bits per heavy atom. The lowest BCUT2D eigenvalue weighted by Crippen LogP contribution is -2.47. The zero-order valence-corrected chi connectivity index (χ0v) is 28.4. The Kier molecular flexibility index (Phi) is 7.94. The van der Waals surface area contributed by atoms with Crippen LogP contribution < -0.4 is 26.0 Å². The van der Waals surface area contributed by atoms with E-state index in [0.717, 1.165) is 46.5 Å². The summed E-state index contributed by atoms with van der Waals surface area (Å²) in [7, 11) is 0. The first-order valence-corrected chi connectivity index (χ1v) is 17.2. The average Bonchev–Trinajstić information content (AvgIpc) is 3.43. The molecule has 2 N–H and O–H groups in total. The Balaban J connectivity index is 0.993. The van der Waals surface area contributed by atoms with Gasteiger partial charge < -0.3 is 19.7 Å². The molecule has 50 heavy (non-hydrogen) atoms. The molecule has 1 unspecified atom stereocenters. The number of carbonyl (C=O) groups is 2. The van der Waals surface area contributed by atoms with Gasteiger partial charge in [-0.1, -0.05) is 35.9 Å². The Bertz CT molecular complexity index is 2380. The number of piperazine rings is 1. The maximum absolute atomic E-state index is 15.2. The molecule has 2 amide bonds. The molecule has 8 rings (SSSR count). The van der Waals surface area contributed by atoms with Crippen molar-refractivity contribution < 1.29 is 14.0 Å². The molecule has 4 heterocycles. The van der Waals surface area contributed by atoms with Crippen LogP contribution in [0.15, 0.2) is 83.7 Å². The number of rotatable bonds is 6. The first kappa shape index (κ1) is 31.8. The van der Waals surface area contributed by atoms with E-state index in [1.54, 1.807) is 18.2 Å². The highest BCUT2D eigenvalue weighted by molar-refractivity contribution is 6.35. The second-order valence-corrected chi connectivity index (χ2v) is 13.6. The summed E-state index contributed by atoms with van der Waals surface area (Å²) in [6.45, 7) is 6.95. The van der Waals surface area contributed by atoms with Gasteiger partial charge in [0.15, 0.2) is 0 Å². The molecule has 10 nitrogen and oxygen atoms in total. The number of hydrogen-bond acceptors (Lipinski definition) is 7. The number of carbonyl (C=O) groups excluding carboxylic acids is 2. The van der Waals surface area contributed by atoms with E-state index in [-0.39, 0.29) is 35.7 Å². The largest absolute Gasteiger partial charge is 0.374 e. The van der Waals surface area contributed by atoms with Crippen LogP contribution in [0.1, 0.15) is 32.7 Å². The third-order valence-corrected chi connectivity index (χ3v) is 10.1. The van der Waals surface area contributed by atoms with Crippen molar-refractivity contribution in [3.63, 3.8) is 0 Å². The van der Waals surface area contributed by atoms with E-state index in [9.17, 15) is 14.4 Å². The average molecular weight is 692 g/mol. The minimum atomic E-state index is -0.562. The third-order valence-electron chi connectivity index (χ3n) is 9.77. The second kappa shape index (κ2) is 12.5. The number of imide groups is 1. The van der Waals surface area contributed by atoms with E-state index in [4.69, 9.17) is 11.6 Å². The number of aromatic nitrogens is 3. The van der Waals surface area contributed by atoms with Crippen LogP contribution in [0.2, 0.25) is 5.02 Å². The molecule has 2 saturated heterocycles. The molecule has 0 spiro atoms. The fraction of sp³-hybridized carbons (Fsp3) is 0.263. The van der Waals surface area contributed by atoms with Gasteiger partial charge in [-0.25, -0.2) is 4.39 Å². The zero-order chi connectivity index (χ0) is 34.7. The molecular weight excluding hydrogens is 657 g/mol. The van der Waals surface area contributed by atoms with E-state index in [1.807, 2.05) is 21.4 Å². The third kappa shape index (κ3) is 5.51. The number of imidazole rings is 1. The van der Waals surface area contributed by atoms with Gasteiger partial charge in [0, 0.05) is 50.0 Å². The summed E-state index contributed by atoms with van der Waals surface area (Å²) in [4.78, 5) is 45.4. The number of amides is 2. The van der Waals surface area contributed by atoms with Gasteiger partial charge in [0.25, 0.3) is 5.56 Å². The first-order chi connectivity index (χ1) is 24.2. The number of piperidine rings is 1. The van der Waals surface area contributed by atoms with Crippen LogP contribution in [0.3, 0.4) is 0 Å². The van der Waals surface area contributed by atoms with Crippen molar-refractivity contribution in [2.75, 3.05) is 41.3 Å². The summed E-state index contributed by atoms with van der Waals surface area (Å²) in [5.74, 6) is -0.440. The number of hydrogen-bond donors (Lipinski definition) is 2. The van der Waals surface area contributed by atoms with Crippen LogP contribution >= 0.6 is 11.6 Å². The Morgan fingerprint density at radius 3 is 2.32 bits per heavy atom. The standard InChI is InChI=1S/C38H35ClFN7O3/c1-22(2)46-33-20-24(8-13-31(33)47-32-5-3-4-27(39)35(32)37(50)43-38(46)47)23-6-10-26(11-7-23)44-16-18-45(19-17-44)30-14-9-25(21-28(30)40)41-29-12-15-34(48)42-36(29)49/h3-11,13-14,20-22,29,41H,12,15-19H2,1-2H3,(H,42,48,49). The molecule has 2 aliphatic heterocycles. The van der Waals surface area contributed by atoms with Crippen molar-refractivity contribution in [3.05, 3.63) is 100 Å². The van der Waals surface area contributed by atoms with Gasteiger partial charge in [-0.3, -0.25) is 24.1 Å². The normalized spacial score (nSPS) is 16.9. The molecule has 6 aromatic rings. The maximum atomic E-state index is 15.2. The predicted octanol–water partition coefficient (Wildman–Crippen LogP) is 6.39. The summed E-state index contributed by atoms with van der Waals surface area (Å²) in [6, 6.07) is 24.7. The van der Waals surface area contributed by atoms with Crippen LogP contribution in [-0.4, -0.2) is 58.0 Å². The fourth-order valence-electron chi connectivity index (χ4n) is 7.27. The van der Waals surface area contributed by atoms with E-state index in [0.29, 0.717) is 47.1 Å². The molecule has 2 fully saturated rings. The van der Waals surface area contributed by atoms with Crippen LogP contribution in [0, 0.1) is 5.82 Å². The monoisotopic (exact) mass is 691 g/mol. The number of benzene rings is 4. The summed E-state index contributed by atoms with van der Waals surface area (Å²) < 4.78 is 19.3. The molecule has 0 radical (unpaired) electrons. The molecule has 0 saturated carbocycles. The second-order valence-electron chi connectivity index (χ2n) is 13.2. The molecule has 4 aromatic carbocycles. The summed E-state index contributed by atoms with van der Waals surface area (Å²) in [6.07, 6.45) is 0.637. The van der Waals surface area contributed by atoms with Crippen LogP contribution in [-0.2, 0) is 9.59 Å². The number of nitrogens with zero attached hydrogens (tertiary/aromatic N) is 5. The van der Waals surface area contributed by atoms with Gasteiger partial charge in [0.05, 0.1) is 32.6 Å². The summed E-state index contributed by atoms with van der Waals surface area (Å²) in [5, 5.41) is 6.17.